The molecule has 4 N–H and O–H groups in total. The van der Waals surface area contributed by atoms with Crippen molar-refractivity contribution in [3.63, 3.8) is 0 Å². The zero-order valence-corrected chi connectivity index (χ0v) is 17.6. The van der Waals surface area contributed by atoms with E-state index in [-0.39, 0.29) is 15.7 Å². The molecule has 0 aromatic heterocycles. The molecule has 0 amide bonds. The molecule has 8 heteroatoms. The van der Waals surface area contributed by atoms with Crippen LogP contribution in [0.15, 0.2) is 52.3 Å². The van der Waals surface area contributed by atoms with Gasteiger partial charge in [-0.2, -0.15) is 0 Å². The maximum absolute atomic E-state index is 11.8. The second-order valence-electron chi connectivity index (χ2n) is 7.71. The highest BCUT2D eigenvalue weighted by Crippen LogP contribution is 2.31. The van der Waals surface area contributed by atoms with E-state index in [2.05, 4.69) is 0 Å². The van der Waals surface area contributed by atoms with E-state index in [9.17, 15) is 16.8 Å². The molecule has 0 aliphatic carbocycles. The third-order valence-corrected chi connectivity index (χ3v) is 6.49. The summed E-state index contributed by atoms with van der Waals surface area (Å²) in [6.07, 6.45) is 0.589. The number of hydrogen-bond acceptors (Lipinski definition) is 4. The fourth-order valence-electron chi connectivity index (χ4n) is 3.12. The molecule has 148 valence electrons. The fraction of sp³-hybridized carbons (Fsp3) is 0.368. The Morgan fingerprint density at radius 3 is 2.07 bits per heavy atom. The molecule has 27 heavy (non-hydrogen) atoms. The molecule has 0 radical (unpaired) electrons. The average Bonchev–Trinajstić information content (AvgIpc) is 2.52. The van der Waals surface area contributed by atoms with Gasteiger partial charge in [0.25, 0.3) is 0 Å². The van der Waals surface area contributed by atoms with Crippen molar-refractivity contribution in [2.24, 2.45) is 10.3 Å². The molecule has 0 bridgehead atoms. The van der Waals surface area contributed by atoms with Crippen LogP contribution in [0, 0.1) is 0 Å². The van der Waals surface area contributed by atoms with Crippen molar-refractivity contribution in [3.05, 3.63) is 59.2 Å². The summed E-state index contributed by atoms with van der Waals surface area (Å²) in [6.45, 7) is 7.82. The number of hydrogen-bond donors (Lipinski definition) is 2. The Kier molecular flexibility index (Phi) is 5.87. The van der Waals surface area contributed by atoms with Gasteiger partial charge in [-0.3, -0.25) is 0 Å². The molecule has 0 saturated heterocycles. The molecule has 0 unspecified atom stereocenters. The van der Waals surface area contributed by atoms with Gasteiger partial charge in [-0.25, -0.2) is 27.1 Å². The molecule has 0 spiro atoms. The second-order valence-corrected chi connectivity index (χ2v) is 10.8. The normalized spacial score (nSPS) is 13.1. The summed E-state index contributed by atoms with van der Waals surface area (Å²) in [4.78, 5) is 0.204. The zero-order chi connectivity index (χ0) is 20.6. The average molecular weight is 411 g/mol. The number of sulfonamides is 2. The Balaban J connectivity index is 2.45. The van der Waals surface area contributed by atoms with Gasteiger partial charge in [-0.1, -0.05) is 52.0 Å². The van der Waals surface area contributed by atoms with Crippen molar-refractivity contribution in [1.82, 2.24) is 0 Å². The number of benzene rings is 2. The Morgan fingerprint density at radius 2 is 1.56 bits per heavy atom. The molecule has 6 nitrogen and oxygen atoms in total. The largest absolute Gasteiger partial charge is 0.238 e. The molecule has 0 saturated carbocycles. The smallest absolute Gasteiger partial charge is 0.225 e. The van der Waals surface area contributed by atoms with Crippen molar-refractivity contribution >= 4 is 20.0 Å². The quantitative estimate of drug-likeness (QED) is 0.760. The lowest BCUT2D eigenvalue weighted by molar-refractivity contribution is 0.520. The van der Waals surface area contributed by atoms with Gasteiger partial charge in [0.15, 0.2) is 0 Å². The lowest BCUT2D eigenvalue weighted by atomic mass is 9.79. The third-order valence-electron chi connectivity index (χ3n) is 4.59. The highest BCUT2D eigenvalue weighted by atomic mass is 32.2. The van der Waals surface area contributed by atoms with E-state index in [4.69, 9.17) is 10.3 Å². The van der Waals surface area contributed by atoms with Crippen molar-refractivity contribution in [2.75, 3.05) is 0 Å². The maximum Gasteiger partial charge on any atom is 0.238 e. The Bertz CT molecular complexity index is 1060. The molecule has 0 atom stereocenters. The SMILES string of the molecule is CC(C)c1cc(CC(C)(C)c2cccc(S(N)(=O)=O)c2)ccc1S(N)(=O)=O. The van der Waals surface area contributed by atoms with Crippen LogP contribution in [0.2, 0.25) is 0 Å². The molecule has 2 aromatic rings. The highest BCUT2D eigenvalue weighted by molar-refractivity contribution is 7.89. The van der Waals surface area contributed by atoms with Crippen LogP contribution in [0.25, 0.3) is 0 Å². The minimum absolute atomic E-state index is 0.00732. The number of nitrogens with two attached hydrogens (primary N) is 2. The van der Waals surface area contributed by atoms with Crippen LogP contribution in [0.5, 0.6) is 0 Å². The maximum atomic E-state index is 11.8. The zero-order valence-electron chi connectivity index (χ0n) is 15.9. The van der Waals surface area contributed by atoms with Crippen molar-refractivity contribution in [2.45, 2.75) is 55.2 Å². The molecule has 2 aromatic carbocycles. The van der Waals surface area contributed by atoms with E-state index in [1.165, 1.54) is 12.1 Å². The summed E-state index contributed by atoms with van der Waals surface area (Å²) in [5.41, 5.74) is 2.05. The summed E-state index contributed by atoms with van der Waals surface area (Å²) in [5, 5.41) is 10.6. The highest BCUT2D eigenvalue weighted by Gasteiger charge is 2.24. The molecular formula is C19H26N2O4S2. The van der Waals surface area contributed by atoms with Crippen molar-refractivity contribution < 1.29 is 16.8 Å². The minimum Gasteiger partial charge on any atom is -0.225 e. The Hall–Kier alpha value is -1.74. The van der Waals surface area contributed by atoms with E-state index in [1.54, 1.807) is 18.2 Å². The topological polar surface area (TPSA) is 120 Å². The third kappa shape index (κ3) is 5.16. The Labute approximate surface area is 161 Å². The lowest BCUT2D eigenvalue weighted by Gasteiger charge is -2.26. The van der Waals surface area contributed by atoms with Gasteiger partial charge in [-0.15, -0.1) is 0 Å². The van der Waals surface area contributed by atoms with Gasteiger partial charge in [0.05, 0.1) is 9.79 Å². The van der Waals surface area contributed by atoms with Crippen LogP contribution < -0.4 is 10.3 Å². The minimum atomic E-state index is -3.79. The van der Waals surface area contributed by atoms with Gasteiger partial charge < -0.3 is 0 Å². The molecule has 0 fully saturated rings. The first kappa shape index (κ1) is 21.6. The summed E-state index contributed by atoms with van der Waals surface area (Å²) >= 11 is 0. The molecule has 2 rings (SSSR count). The predicted molar refractivity (Wildman–Crippen MR) is 106 cm³/mol. The predicted octanol–water partition coefficient (Wildman–Crippen LogP) is 2.63. The first-order chi connectivity index (χ1) is 12.2. The van der Waals surface area contributed by atoms with Crippen LogP contribution in [0.4, 0.5) is 0 Å². The number of primary sulfonamides is 2. The van der Waals surface area contributed by atoms with Crippen molar-refractivity contribution in [3.8, 4) is 0 Å². The van der Waals surface area contributed by atoms with Gasteiger partial charge in [0, 0.05) is 0 Å². The van der Waals surface area contributed by atoms with Crippen LogP contribution in [-0.2, 0) is 31.9 Å². The Morgan fingerprint density at radius 1 is 0.926 bits per heavy atom. The van der Waals surface area contributed by atoms with E-state index in [0.717, 1.165) is 11.1 Å². The van der Waals surface area contributed by atoms with Gasteiger partial charge >= 0.3 is 0 Å². The monoisotopic (exact) mass is 410 g/mol. The summed E-state index contributed by atoms with van der Waals surface area (Å²) in [6, 6.07) is 11.7. The lowest BCUT2D eigenvalue weighted by Crippen LogP contribution is -2.22. The van der Waals surface area contributed by atoms with Gasteiger partial charge in [0.2, 0.25) is 20.0 Å². The number of rotatable bonds is 6. The second kappa shape index (κ2) is 7.35. The van der Waals surface area contributed by atoms with Crippen LogP contribution in [-0.4, -0.2) is 16.8 Å². The van der Waals surface area contributed by atoms with E-state index >= 15 is 0 Å². The van der Waals surface area contributed by atoms with Gasteiger partial charge in [0.1, 0.15) is 0 Å². The molecule has 0 heterocycles. The first-order valence-electron chi connectivity index (χ1n) is 8.51. The summed E-state index contributed by atoms with van der Waals surface area (Å²) < 4.78 is 46.9. The standard InChI is InChI=1S/C19H26N2O4S2/c1-13(2)17-10-14(8-9-18(17)27(21,24)25)12-19(3,4)15-6-5-7-16(11-15)26(20,22)23/h5-11,13H,12H2,1-4H3,(H2,20,22,23)(H2,21,24,25). The first-order valence-corrected chi connectivity index (χ1v) is 11.6. The van der Waals surface area contributed by atoms with E-state index in [1.807, 2.05) is 39.8 Å². The van der Waals surface area contributed by atoms with E-state index < -0.39 is 25.5 Å². The molecular weight excluding hydrogens is 384 g/mol. The molecule has 0 aliphatic heterocycles. The summed E-state index contributed by atoms with van der Waals surface area (Å²) in [7, 11) is -7.57. The van der Waals surface area contributed by atoms with E-state index in [0.29, 0.717) is 12.0 Å². The fourth-order valence-corrected chi connectivity index (χ4v) is 4.56. The van der Waals surface area contributed by atoms with Crippen LogP contribution in [0.3, 0.4) is 0 Å². The van der Waals surface area contributed by atoms with Crippen molar-refractivity contribution in [1.29, 1.82) is 0 Å². The summed E-state index contributed by atoms with van der Waals surface area (Å²) in [5.74, 6) is -0.00732. The van der Waals surface area contributed by atoms with Crippen LogP contribution in [0.1, 0.15) is 50.3 Å². The van der Waals surface area contributed by atoms with Gasteiger partial charge in [-0.05, 0) is 52.6 Å². The molecule has 0 aliphatic rings. The van der Waals surface area contributed by atoms with Crippen LogP contribution >= 0.6 is 0 Å².